The summed E-state index contributed by atoms with van der Waals surface area (Å²) in [5.74, 6) is -0.574. The first kappa shape index (κ1) is 14.9. The lowest BCUT2D eigenvalue weighted by Crippen LogP contribution is -2.38. The Morgan fingerprint density at radius 3 is 2.50 bits per heavy atom. The molecule has 2 rings (SSSR count). The zero-order valence-electron chi connectivity index (χ0n) is 11.7. The van der Waals surface area contributed by atoms with Gasteiger partial charge >= 0.3 is 5.97 Å². The Labute approximate surface area is 123 Å². The van der Waals surface area contributed by atoms with E-state index < -0.39 is 6.10 Å². The van der Waals surface area contributed by atoms with Crippen molar-refractivity contribution in [2.24, 2.45) is 0 Å². The smallest absolute Gasteiger partial charge is 0.319 e. The van der Waals surface area contributed by atoms with Gasteiger partial charge in [-0.15, -0.1) is 11.8 Å². The van der Waals surface area contributed by atoms with Gasteiger partial charge < -0.3 is 10.1 Å². The van der Waals surface area contributed by atoms with E-state index >= 15 is 0 Å². The molecule has 1 aliphatic rings. The molecule has 1 aliphatic carbocycles. The molecule has 0 aromatic heterocycles. The van der Waals surface area contributed by atoms with E-state index in [1.54, 1.807) is 13.8 Å². The molecule has 20 heavy (non-hydrogen) atoms. The van der Waals surface area contributed by atoms with E-state index in [1.807, 2.05) is 30.3 Å². The van der Waals surface area contributed by atoms with E-state index in [2.05, 4.69) is 5.32 Å². The number of carbonyl (C=O) groups excluding carboxylic acids is 2. The summed E-state index contributed by atoms with van der Waals surface area (Å²) in [7, 11) is 0. The van der Waals surface area contributed by atoms with Crippen molar-refractivity contribution in [3.8, 4) is 0 Å². The molecule has 0 unspecified atom stereocenters. The van der Waals surface area contributed by atoms with Gasteiger partial charge in [-0.2, -0.15) is 0 Å². The van der Waals surface area contributed by atoms with Crippen LogP contribution < -0.4 is 5.32 Å². The van der Waals surface area contributed by atoms with Gasteiger partial charge in [0, 0.05) is 10.9 Å². The Bertz CT molecular complexity index is 473. The molecule has 0 spiro atoms. The van der Waals surface area contributed by atoms with E-state index in [-0.39, 0.29) is 23.2 Å². The minimum Gasteiger partial charge on any atom is -0.452 e. The number of hydrogen-bond donors (Lipinski definition) is 1. The number of hydrogen-bond acceptors (Lipinski definition) is 4. The topological polar surface area (TPSA) is 55.4 Å². The summed E-state index contributed by atoms with van der Waals surface area (Å²) in [6, 6.07) is 9.94. The van der Waals surface area contributed by atoms with Gasteiger partial charge in [-0.3, -0.25) is 9.59 Å². The second-order valence-electron chi connectivity index (χ2n) is 4.94. The van der Waals surface area contributed by atoms with Crippen LogP contribution in [0.25, 0.3) is 0 Å². The Morgan fingerprint density at radius 2 is 1.90 bits per heavy atom. The van der Waals surface area contributed by atoms with Crippen LogP contribution in [0.2, 0.25) is 0 Å². The standard InChI is InChI=1S/C15H19NO3S/c1-10(14(17)16-12-8-9-12)19-15(18)11(2)20-13-6-4-3-5-7-13/h3-7,10-12H,8-9H2,1-2H3,(H,16,17)/t10-,11+/m1/s1. The van der Waals surface area contributed by atoms with E-state index in [1.165, 1.54) is 11.8 Å². The van der Waals surface area contributed by atoms with E-state index in [0.29, 0.717) is 0 Å². The Morgan fingerprint density at radius 1 is 1.25 bits per heavy atom. The molecule has 0 heterocycles. The molecule has 5 heteroatoms. The van der Waals surface area contributed by atoms with Gasteiger partial charge in [-0.05, 0) is 38.8 Å². The molecule has 1 N–H and O–H groups in total. The Hall–Kier alpha value is -1.49. The quantitative estimate of drug-likeness (QED) is 0.646. The molecule has 1 aromatic carbocycles. The SMILES string of the molecule is C[C@H](Sc1ccccc1)C(=O)O[C@H](C)C(=O)NC1CC1. The van der Waals surface area contributed by atoms with E-state index in [4.69, 9.17) is 4.74 Å². The average molecular weight is 293 g/mol. The summed E-state index contributed by atoms with van der Waals surface area (Å²) in [5, 5.41) is 2.49. The van der Waals surface area contributed by atoms with Crippen LogP contribution in [0.5, 0.6) is 0 Å². The summed E-state index contributed by atoms with van der Waals surface area (Å²) < 4.78 is 5.20. The monoisotopic (exact) mass is 293 g/mol. The van der Waals surface area contributed by atoms with Crippen LogP contribution >= 0.6 is 11.8 Å². The second kappa shape index (κ2) is 6.79. The molecule has 1 saturated carbocycles. The van der Waals surface area contributed by atoms with Crippen LogP contribution in [-0.2, 0) is 14.3 Å². The van der Waals surface area contributed by atoms with Gasteiger partial charge in [0.2, 0.25) is 0 Å². The molecule has 0 radical (unpaired) electrons. The minimum absolute atomic E-state index is 0.210. The van der Waals surface area contributed by atoms with Gasteiger partial charge in [-0.25, -0.2) is 0 Å². The largest absolute Gasteiger partial charge is 0.452 e. The molecule has 4 nitrogen and oxygen atoms in total. The van der Waals surface area contributed by atoms with Crippen molar-refractivity contribution < 1.29 is 14.3 Å². The van der Waals surface area contributed by atoms with Gasteiger partial charge in [0.05, 0.1) is 0 Å². The number of thioether (sulfide) groups is 1. The van der Waals surface area contributed by atoms with Gasteiger partial charge in [0.1, 0.15) is 5.25 Å². The number of esters is 1. The Kier molecular flexibility index (Phi) is 5.06. The molecule has 108 valence electrons. The number of rotatable bonds is 6. The molecule has 0 bridgehead atoms. The van der Waals surface area contributed by atoms with Crippen LogP contribution in [0.1, 0.15) is 26.7 Å². The molecule has 0 aliphatic heterocycles. The summed E-state index contributed by atoms with van der Waals surface area (Å²) >= 11 is 1.43. The van der Waals surface area contributed by atoms with E-state index in [0.717, 1.165) is 17.7 Å². The highest BCUT2D eigenvalue weighted by atomic mass is 32.2. The fraction of sp³-hybridized carbons (Fsp3) is 0.467. The Balaban J connectivity index is 1.79. The van der Waals surface area contributed by atoms with Gasteiger partial charge in [0.15, 0.2) is 6.10 Å². The second-order valence-corrected chi connectivity index (χ2v) is 6.35. The summed E-state index contributed by atoms with van der Waals surface area (Å²) in [6.45, 7) is 3.39. The third kappa shape index (κ3) is 4.56. The fourth-order valence-electron chi connectivity index (χ4n) is 1.62. The first-order chi connectivity index (χ1) is 9.56. The van der Waals surface area contributed by atoms with Crippen LogP contribution in [0.15, 0.2) is 35.2 Å². The lowest BCUT2D eigenvalue weighted by molar-refractivity contribution is -0.154. The molecule has 0 saturated heterocycles. The average Bonchev–Trinajstić information content (AvgIpc) is 3.23. The number of benzene rings is 1. The minimum atomic E-state index is -0.734. The lowest BCUT2D eigenvalue weighted by Gasteiger charge is -2.16. The zero-order valence-corrected chi connectivity index (χ0v) is 12.5. The van der Waals surface area contributed by atoms with Crippen LogP contribution in [-0.4, -0.2) is 29.3 Å². The van der Waals surface area contributed by atoms with Crippen molar-refractivity contribution in [3.05, 3.63) is 30.3 Å². The molecule has 1 aromatic rings. The van der Waals surface area contributed by atoms with Crippen molar-refractivity contribution >= 4 is 23.6 Å². The lowest BCUT2D eigenvalue weighted by atomic mass is 10.3. The van der Waals surface area contributed by atoms with E-state index in [9.17, 15) is 9.59 Å². The maximum absolute atomic E-state index is 11.9. The third-order valence-electron chi connectivity index (χ3n) is 2.97. The van der Waals surface area contributed by atoms with Gasteiger partial charge in [0.25, 0.3) is 5.91 Å². The highest BCUT2D eigenvalue weighted by Gasteiger charge is 2.28. The van der Waals surface area contributed by atoms with Crippen molar-refractivity contribution in [1.82, 2.24) is 5.32 Å². The molecule has 1 amide bonds. The third-order valence-corrected chi connectivity index (χ3v) is 4.06. The molecular weight excluding hydrogens is 274 g/mol. The maximum atomic E-state index is 11.9. The first-order valence-electron chi connectivity index (χ1n) is 6.79. The van der Waals surface area contributed by atoms with Gasteiger partial charge in [-0.1, -0.05) is 18.2 Å². The fourth-order valence-corrected chi connectivity index (χ4v) is 2.50. The molecular formula is C15H19NO3S. The van der Waals surface area contributed by atoms with Crippen molar-refractivity contribution in [3.63, 3.8) is 0 Å². The summed E-state index contributed by atoms with van der Waals surface area (Å²) in [4.78, 5) is 24.7. The predicted octanol–water partition coefficient (Wildman–Crippen LogP) is 2.38. The van der Waals surface area contributed by atoms with Crippen molar-refractivity contribution in [1.29, 1.82) is 0 Å². The number of carbonyl (C=O) groups is 2. The maximum Gasteiger partial charge on any atom is 0.319 e. The first-order valence-corrected chi connectivity index (χ1v) is 7.67. The van der Waals surface area contributed by atoms with Crippen LogP contribution in [0, 0.1) is 0 Å². The van der Waals surface area contributed by atoms with Crippen molar-refractivity contribution in [2.45, 2.75) is 49.0 Å². The highest BCUT2D eigenvalue weighted by Crippen LogP contribution is 2.24. The number of nitrogens with one attached hydrogen (secondary N) is 1. The van der Waals surface area contributed by atoms with Crippen LogP contribution in [0.3, 0.4) is 0 Å². The van der Waals surface area contributed by atoms with Crippen molar-refractivity contribution in [2.75, 3.05) is 0 Å². The number of amides is 1. The predicted molar refractivity (Wildman–Crippen MR) is 78.5 cm³/mol. The zero-order chi connectivity index (χ0) is 14.5. The molecule has 2 atom stereocenters. The van der Waals surface area contributed by atoms with Crippen LogP contribution in [0.4, 0.5) is 0 Å². The number of ether oxygens (including phenoxy) is 1. The summed E-state index contributed by atoms with van der Waals surface area (Å²) in [6.07, 6.45) is 1.31. The molecule has 1 fully saturated rings. The summed E-state index contributed by atoms with van der Waals surface area (Å²) in [5.41, 5.74) is 0. The normalized spacial score (nSPS) is 17.1. The highest BCUT2D eigenvalue weighted by molar-refractivity contribution is 8.00.